The number of thiophene rings is 1. The SMILES string of the molecule is CC1(C)c2ccccc2-c2cc3c(cc21)Oc1ccc(-c2ccc(-c4nc(-c5ccccc5)nc(-c5ccc6c(c5)sc5ccccc56)n4)cc2)cc1O3. The van der Waals surface area contributed by atoms with Gasteiger partial charge in [-0.25, -0.2) is 15.0 Å². The smallest absolute Gasteiger partial charge is 0.170 e. The quantitative estimate of drug-likeness (QED) is 0.182. The van der Waals surface area contributed by atoms with Gasteiger partial charge in [0.15, 0.2) is 40.5 Å². The maximum atomic E-state index is 6.54. The first-order chi connectivity index (χ1) is 26.5. The van der Waals surface area contributed by atoms with E-state index in [0.717, 1.165) is 39.3 Å². The van der Waals surface area contributed by atoms with Crippen LogP contribution in [-0.2, 0) is 5.41 Å². The van der Waals surface area contributed by atoms with Crippen molar-refractivity contribution in [2.45, 2.75) is 19.3 Å². The number of rotatable bonds is 4. The number of hydrogen-bond acceptors (Lipinski definition) is 6. The van der Waals surface area contributed by atoms with Crippen LogP contribution in [0.5, 0.6) is 23.0 Å². The van der Waals surface area contributed by atoms with Crippen LogP contribution in [0.15, 0.2) is 152 Å². The van der Waals surface area contributed by atoms with Gasteiger partial charge in [0.05, 0.1) is 0 Å². The van der Waals surface area contributed by atoms with Crippen molar-refractivity contribution >= 4 is 31.5 Å². The van der Waals surface area contributed by atoms with Crippen LogP contribution < -0.4 is 9.47 Å². The van der Waals surface area contributed by atoms with Crippen LogP contribution in [0.4, 0.5) is 0 Å². The first-order valence-corrected chi connectivity index (χ1v) is 18.9. The molecule has 0 N–H and O–H groups in total. The van der Waals surface area contributed by atoms with E-state index in [1.165, 1.54) is 42.4 Å². The Kier molecular flexibility index (Phi) is 6.70. The lowest BCUT2D eigenvalue weighted by Crippen LogP contribution is -2.15. The maximum absolute atomic E-state index is 6.54. The van der Waals surface area contributed by atoms with Gasteiger partial charge in [0.2, 0.25) is 0 Å². The molecular formula is C48H31N3O2S. The molecule has 1 aliphatic carbocycles. The molecular weight excluding hydrogens is 683 g/mol. The highest BCUT2D eigenvalue weighted by molar-refractivity contribution is 7.25. The fourth-order valence-electron chi connectivity index (χ4n) is 7.98. The van der Waals surface area contributed by atoms with Crippen LogP contribution in [0.1, 0.15) is 25.0 Å². The molecule has 0 atom stereocenters. The highest BCUT2D eigenvalue weighted by Crippen LogP contribution is 2.55. The molecule has 1 aliphatic heterocycles. The van der Waals surface area contributed by atoms with Crippen LogP contribution in [0, 0.1) is 0 Å². The Morgan fingerprint density at radius 1 is 0.407 bits per heavy atom. The van der Waals surface area contributed by atoms with Crippen molar-refractivity contribution in [1.82, 2.24) is 15.0 Å². The van der Waals surface area contributed by atoms with Gasteiger partial charge >= 0.3 is 0 Å². The lowest BCUT2D eigenvalue weighted by Gasteiger charge is -2.25. The third kappa shape index (κ3) is 4.87. The predicted molar refractivity (Wildman–Crippen MR) is 219 cm³/mol. The Balaban J connectivity index is 0.930. The van der Waals surface area contributed by atoms with Gasteiger partial charge in [-0.05, 0) is 69.8 Å². The monoisotopic (exact) mass is 713 g/mol. The van der Waals surface area contributed by atoms with E-state index in [1.807, 2.05) is 36.4 Å². The molecule has 256 valence electrons. The van der Waals surface area contributed by atoms with Gasteiger partial charge in [0, 0.05) is 42.3 Å². The Bertz CT molecular complexity index is 2970. The van der Waals surface area contributed by atoms with E-state index in [0.29, 0.717) is 29.0 Å². The molecule has 2 aliphatic rings. The van der Waals surface area contributed by atoms with Gasteiger partial charge < -0.3 is 9.47 Å². The van der Waals surface area contributed by atoms with Crippen molar-refractivity contribution < 1.29 is 9.47 Å². The van der Waals surface area contributed by atoms with Crippen LogP contribution in [0.2, 0.25) is 0 Å². The first-order valence-electron chi connectivity index (χ1n) is 18.1. The molecule has 2 aromatic heterocycles. The third-order valence-electron chi connectivity index (χ3n) is 10.8. The van der Waals surface area contributed by atoms with Gasteiger partial charge in [-0.1, -0.05) is 129 Å². The van der Waals surface area contributed by atoms with Gasteiger partial charge in [-0.2, -0.15) is 0 Å². The highest BCUT2D eigenvalue weighted by atomic mass is 32.1. The lowest BCUT2D eigenvalue weighted by atomic mass is 9.82. The second-order valence-corrected chi connectivity index (χ2v) is 15.5. The molecule has 0 saturated carbocycles. The highest BCUT2D eigenvalue weighted by Gasteiger charge is 2.37. The summed E-state index contributed by atoms with van der Waals surface area (Å²) in [5.41, 5.74) is 9.80. The summed E-state index contributed by atoms with van der Waals surface area (Å²) >= 11 is 1.79. The molecule has 0 bridgehead atoms. The van der Waals surface area contributed by atoms with Crippen LogP contribution in [0.25, 0.3) is 76.6 Å². The zero-order valence-corrected chi connectivity index (χ0v) is 30.3. The van der Waals surface area contributed by atoms with E-state index in [1.54, 1.807) is 11.3 Å². The Morgan fingerprint density at radius 3 is 1.83 bits per heavy atom. The molecule has 54 heavy (non-hydrogen) atoms. The number of hydrogen-bond donors (Lipinski definition) is 0. The molecule has 0 saturated heterocycles. The fraction of sp³-hybridized carbons (Fsp3) is 0.0625. The number of aromatic nitrogens is 3. The van der Waals surface area contributed by atoms with E-state index in [4.69, 9.17) is 24.4 Å². The predicted octanol–water partition coefficient (Wildman–Crippen LogP) is 13.1. The van der Waals surface area contributed by atoms with Gasteiger partial charge in [-0.15, -0.1) is 11.3 Å². The molecule has 9 aromatic rings. The molecule has 3 heterocycles. The molecule has 7 aromatic carbocycles. The van der Waals surface area contributed by atoms with Crippen LogP contribution >= 0.6 is 11.3 Å². The first kappa shape index (κ1) is 30.9. The zero-order chi connectivity index (χ0) is 36.0. The normalized spacial score (nSPS) is 13.4. The van der Waals surface area contributed by atoms with Crippen molar-refractivity contribution in [3.05, 3.63) is 163 Å². The van der Waals surface area contributed by atoms with E-state index in [9.17, 15) is 0 Å². The second kappa shape index (κ2) is 11.7. The van der Waals surface area contributed by atoms with Crippen molar-refractivity contribution in [2.24, 2.45) is 0 Å². The Labute approximate surface area is 316 Å². The molecule has 0 spiro atoms. The molecule has 0 fully saturated rings. The van der Waals surface area contributed by atoms with Gasteiger partial charge in [0.1, 0.15) is 0 Å². The average Bonchev–Trinajstić information content (AvgIpc) is 3.70. The molecule has 5 nitrogen and oxygen atoms in total. The van der Waals surface area contributed by atoms with Crippen molar-refractivity contribution in [3.63, 3.8) is 0 Å². The summed E-state index contributed by atoms with van der Waals surface area (Å²) < 4.78 is 15.5. The lowest BCUT2D eigenvalue weighted by molar-refractivity contribution is 0.359. The average molecular weight is 714 g/mol. The minimum Gasteiger partial charge on any atom is -0.450 e. The molecule has 6 heteroatoms. The Morgan fingerprint density at radius 2 is 1.00 bits per heavy atom. The number of nitrogens with zero attached hydrogens (tertiary/aromatic N) is 3. The maximum Gasteiger partial charge on any atom is 0.170 e. The van der Waals surface area contributed by atoms with Crippen molar-refractivity contribution in [2.75, 3.05) is 0 Å². The van der Waals surface area contributed by atoms with Crippen LogP contribution in [0.3, 0.4) is 0 Å². The summed E-state index contributed by atoms with van der Waals surface area (Å²) in [7, 11) is 0. The third-order valence-corrected chi connectivity index (χ3v) is 11.9. The minimum atomic E-state index is -0.111. The molecule has 11 rings (SSSR count). The second-order valence-electron chi connectivity index (χ2n) is 14.4. The topological polar surface area (TPSA) is 57.1 Å². The van der Waals surface area contributed by atoms with Crippen LogP contribution in [-0.4, -0.2) is 15.0 Å². The Hall–Kier alpha value is -6.63. The molecule has 0 amide bonds. The number of ether oxygens (including phenoxy) is 2. The van der Waals surface area contributed by atoms with E-state index >= 15 is 0 Å². The largest absolute Gasteiger partial charge is 0.450 e. The standard InChI is InChI=1S/C48H31N3O2S/c1-48(2)37-14-8-6-12-33(37)36-26-41-42(27-38(36)48)52-39-23-21-31(24-40(39)53-41)28-16-18-30(19-17-28)46-49-45(29-10-4-3-5-11-29)50-47(51-46)32-20-22-35-34-13-7-9-15-43(34)54-44(35)25-32/h3-27H,1-2H3. The molecule has 0 unspecified atom stereocenters. The van der Waals surface area contributed by atoms with Crippen molar-refractivity contribution in [3.8, 4) is 79.4 Å². The van der Waals surface area contributed by atoms with Crippen molar-refractivity contribution in [1.29, 1.82) is 0 Å². The summed E-state index contributed by atoms with van der Waals surface area (Å²) in [6.45, 7) is 4.54. The summed E-state index contributed by atoms with van der Waals surface area (Å²) in [5, 5.41) is 2.51. The van der Waals surface area contributed by atoms with E-state index in [-0.39, 0.29) is 5.41 Å². The molecule has 0 radical (unpaired) electrons. The number of benzene rings is 7. The summed E-state index contributed by atoms with van der Waals surface area (Å²) in [4.78, 5) is 15.0. The minimum absolute atomic E-state index is 0.111. The van der Waals surface area contributed by atoms with E-state index in [2.05, 4.69) is 129 Å². The number of fused-ring (bicyclic) bond motifs is 8. The summed E-state index contributed by atoms with van der Waals surface area (Å²) in [6, 6.07) is 52.5. The van der Waals surface area contributed by atoms with E-state index < -0.39 is 0 Å². The van der Waals surface area contributed by atoms with Gasteiger partial charge in [-0.3, -0.25) is 0 Å². The zero-order valence-electron chi connectivity index (χ0n) is 29.5. The summed E-state index contributed by atoms with van der Waals surface area (Å²) in [5.74, 6) is 4.78. The van der Waals surface area contributed by atoms with Gasteiger partial charge in [0.25, 0.3) is 0 Å². The summed E-state index contributed by atoms with van der Waals surface area (Å²) in [6.07, 6.45) is 0. The fourth-order valence-corrected chi connectivity index (χ4v) is 9.13.